The lowest BCUT2D eigenvalue weighted by atomic mass is 9.86. The third-order valence-electron chi connectivity index (χ3n) is 3.12. The van der Waals surface area contributed by atoms with Gasteiger partial charge in [-0.1, -0.05) is 0 Å². The molecule has 0 spiro atoms. The molecule has 0 radical (unpaired) electrons. The molecule has 5 heteroatoms. The molecule has 1 amide bonds. The highest BCUT2D eigenvalue weighted by molar-refractivity contribution is 14.1. The fourth-order valence-electron chi connectivity index (χ4n) is 2.17. The Morgan fingerprint density at radius 3 is 2.61 bits per heavy atom. The average Bonchev–Trinajstić information content (AvgIpc) is 2.31. The first kappa shape index (κ1) is 13.7. The second-order valence-corrected chi connectivity index (χ2v) is 5.89. The molecule has 0 bridgehead atoms. The number of halogens is 3. The van der Waals surface area contributed by atoms with Crippen LogP contribution in [0.5, 0.6) is 0 Å². The van der Waals surface area contributed by atoms with Crippen molar-refractivity contribution in [3.05, 3.63) is 27.8 Å². The molecule has 98 valence electrons. The van der Waals surface area contributed by atoms with Crippen LogP contribution in [0, 0.1) is 9.49 Å². The molecule has 1 fully saturated rings. The molecule has 18 heavy (non-hydrogen) atoms. The first-order valence-electron chi connectivity index (χ1n) is 5.90. The van der Waals surface area contributed by atoms with Crippen molar-refractivity contribution in [2.75, 3.05) is 5.32 Å². The first-order chi connectivity index (χ1) is 8.46. The topological polar surface area (TPSA) is 29.1 Å². The van der Waals surface area contributed by atoms with Crippen molar-refractivity contribution >= 4 is 34.2 Å². The van der Waals surface area contributed by atoms with Crippen LogP contribution in [0.15, 0.2) is 24.3 Å². The number of carbonyl (C=O) groups is 1. The van der Waals surface area contributed by atoms with Crippen molar-refractivity contribution in [2.45, 2.75) is 31.6 Å². The van der Waals surface area contributed by atoms with Crippen LogP contribution in [0.1, 0.15) is 25.7 Å². The van der Waals surface area contributed by atoms with Gasteiger partial charge in [-0.05, 0) is 59.7 Å². The largest absolute Gasteiger partial charge is 0.326 e. The van der Waals surface area contributed by atoms with Gasteiger partial charge < -0.3 is 5.32 Å². The quantitative estimate of drug-likeness (QED) is 0.788. The predicted molar refractivity (Wildman–Crippen MR) is 74.7 cm³/mol. The second kappa shape index (κ2) is 5.50. The second-order valence-electron chi connectivity index (χ2n) is 4.65. The zero-order valence-electron chi connectivity index (χ0n) is 9.76. The lowest BCUT2D eigenvalue weighted by Gasteiger charge is -2.27. The Bertz CT molecular complexity index is 433. The lowest BCUT2D eigenvalue weighted by molar-refractivity contribution is -0.127. The number of hydrogen-bond acceptors (Lipinski definition) is 1. The van der Waals surface area contributed by atoms with Gasteiger partial charge in [0, 0.05) is 28.0 Å². The van der Waals surface area contributed by atoms with E-state index in [1.807, 2.05) is 12.1 Å². The molecule has 1 aromatic carbocycles. The third kappa shape index (κ3) is 3.63. The third-order valence-corrected chi connectivity index (χ3v) is 3.84. The van der Waals surface area contributed by atoms with Crippen molar-refractivity contribution in [1.29, 1.82) is 0 Å². The average molecular weight is 365 g/mol. The minimum absolute atomic E-state index is 0.0969. The minimum atomic E-state index is -2.69. The fraction of sp³-hybridized carbons (Fsp3) is 0.462. The van der Waals surface area contributed by atoms with E-state index >= 15 is 0 Å². The van der Waals surface area contributed by atoms with Gasteiger partial charge in [-0.15, -0.1) is 0 Å². The zero-order valence-corrected chi connectivity index (χ0v) is 11.9. The number of anilines is 1. The van der Waals surface area contributed by atoms with Crippen molar-refractivity contribution in [3.8, 4) is 0 Å². The van der Waals surface area contributed by atoms with E-state index in [9.17, 15) is 13.6 Å². The molecule has 1 aliphatic carbocycles. The van der Waals surface area contributed by atoms with Gasteiger partial charge >= 0.3 is 0 Å². The van der Waals surface area contributed by atoms with E-state index < -0.39 is 11.8 Å². The zero-order chi connectivity index (χ0) is 13.2. The van der Waals surface area contributed by atoms with E-state index in [4.69, 9.17) is 0 Å². The number of nitrogens with one attached hydrogen (secondary N) is 1. The molecule has 0 saturated heterocycles. The van der Waals surface area contributed by atoms with Crippen molar-refractivity contribution in [2.24, 2.45) is 5.92 Å². The highest BCUT2D eigenvalue weighted by Gasteiger charge is 2.39. The Hall–Kier alpha value is -0.720. The minimum Gasteiger partial charge on any atom is -0.326 e. The summed E-state index contributed by atoms with van der Waals surface area (Å²) in [5.74, 6) is -3.56. The van der Waals surface area contributed by atoms with Crippen LogP contribution in [0.3, 0.4) is 0 Å². The molecule has 1 atom stereocenters. The molecular weight excluding hydrogens is 351 g/mol. The SMILES string of the molecule is O=C(Nc1ccc(I)cc1)C1CCCC(F)(F)C1. The van der Waals surface area contributed by atoms with Crippen LogP contribution >= 0.6 is 22.6 Å². The molecule has 0 aromatic heterocycles. The van der Waals surface area contributed by atoms with Crippen LogP contribution in [-0.4, -0.2) is 11.8 Å². The number of alkyl halides is 2. The van der Waals surface area contributed by atoms with Gasteiger partial charge in [-0.3, -0.25) is 4.79 Å². The van der Waals surface area contributed by atoms with Crippen LogP contribution in [0.4, 0.5) is 14.5 Å². The molecular formula is C13H14F2INO. The molecule has 1 saturated carbocycles. The van der Waals surface area contributed by atoms with E-state index in [2.05, 4.69) is 27.9 Å². The van der Waals surface area contributed by atoms with Gasteiger partial charge in [-0.25, -0.2) is 8.78 Å². The highest BCUT2D eigenvalue weighted by Crippen LogP contribution is 2.37. The summed E-state index contributed by atoms with van der Waals surface area (Å²) in [7, 11) is 0. The summed E-state index contributed by atoms with van der Waals surface area (Å²) in [6, 6.07) is 7.29. The maximum Gasteiger partial charge on any atom is 0.248 e. The Balaban J connectivity index is 1.97. The molecule has 1 aromatic rings. The predicted octanol–water partition coefficient (Wildman–Crippen LogP) is 4.06. The molecule has 0 heterocycles. The van der Waals surface area contributed by atoms with Gasteiger partial charge in [0.1, 0.15) is 0 Å². The standard InChI is InChI=1S/C13H14F2INO/c14-13(15)7-1-2-9(8-13)12(18)17-11-5-3-10(16)4-6-11/h3-6,9H,1-2,7-8H2,(H,17,18). The van der Waals surface area contributed by atoms with E-state index in [-0.39, 0.29) is 18.7 Å². The Kier molecular flexibility index (Phi) is 4.19. The summed E-state index contributed by atoms with van der Waals surface area (Å²) < 4.78 is 27.5. The molecule has 2 rings (SSSR count). The monoisotopic (exact) mass is 365 g/mol. The Morgan fingerprint density at radius 2 is 2.00 bits per heavy atom. The van der Waals surface area contributed by atoms with Crippen LogP contribution in [0.25, 0.3) is 0 Å². The van der Waals surface area contributed by atoms with Crippen molar-refractivity contribution in [3.63, 3.8) is 0 Å². The van der Waals surface area contributed by atoms with Crippen LogP contribution in [0.2, 0.25) is 0 Å². The summed E-state index contributed by atoms with van der Waals surface area (Å²) in [5.41, 5.74) is 0.661. The van der Waals surface area contributed by atoms with Gasteiger partial charge in [0.25, 0.3) is 0 Å². The van der Waals surface area contributed by atoms with Crippen LogP contribution < -0.4 is 5.32 Å². The Labute approximate surface area is 118 Å². The smallest absolute Gasteiger partial charge is 0.248 e. The summed E-state index contributed by atoms with van der Waals surface area (Å²) in [6.45, 7) is 0. The molecule has 1 N–H and O–H groups in total. The maximum atomic E-state index is 13.2. The maximum absolute atomic E-state index is 13.2. The number of hydrogen-bond donors (Lipinski definition) is 1. The molecule has 1 aliphatic rings. The first-order valence-corrected chi connectivity index (χ1v) is 6.98. The van der Waals surface area contributed by atoms with Gasteiger partial charge in [0.15, 0.2) is 0 Å². The summed E-state index contributed by atoms with van der Waals surface area (Å²) in [6.07, 6.45) is 0.535. The summed E-state index contributed by atoms with van der Waals surface area (Å²) in [4.78, 5) is 11.9. The number of rotatable bonds is 2. The Morgan fingerprint density at radius 1 is 1.33 bits per heavy atom. The number of amides is 1. The van der Waals surface area contributed by atoms with E-state index in [1.165, 1.54) is 0 Å². The van der Waals surface area contributed by atoms with Gasteiger partial charge in [0.2, 0.25) is 11.8 Å². The van der Waals surface area contributed by atoms with Crippen molar-refractivity contribution in [1.82, 2.24) is 0 Å². The fourth-order valence-corrected chi connectivity index (χ4v) is 2.53. The van der Waals surface area contributed by atoms with E-state index in [1.54, 1.807) is 12.1 Å². The lowest BCUT2D eigenvalue weighted by Crippen LogP contribution is -2.33. The molecule has 2 nitrogen and oxygen atoms in total. The van der Waals surface area contributed by atoms with Gasteiger partial charge in [0.05, 0.1) is 0 Å². The van der Waals surface area contributed by atoms with E-state index in [0.717, 1.165) is 3.57 Å². The normalized spacial score (nSPS) is 22.5. The van der Waals surface area contributed by atoms with Gasteiger partial charge in [-0.2, -0.15) is 0 Å². The summed E-state index contributed by atoms with van der Waals surface area (Å²) in [5, 5.41) is 2.70. The number of carbonyl (C=O) groups excluding carboxylic acids is 1. The van der Waals surface area contributed by atoms with E-state index in [0.29, 0.717) is 18.5 Å². The molecule has 0 aliphatic heterocycles. The summed E-state index contributed by atoms with van der Waals surface area (Å²) >= 11 is 2.17. The highest BCUT2D eigenvalue weighted by atomic mass is 127. The number of benzene rings is 1. The van der Waals surface area contributed by atoms with Crippen molar-refractivity contribution < 1.29 is 13.6 Å². The van der Waals surface area contributed by atoms with Crippen LogP contribution in [-0.2, 0) is 4.79 Å². The molecule has 1 unspecified atom stereocenters.